The van der Waals surface area contributed by atoms with Gasteiger partial charge in [0, 0.05) is 0 Å². The number of rotatable bonds is 9. The first kappa shape index (κ1) is 27.3. The van der Waals surface area contributed by atoms with E-state index in [4.69, 9.17) is 36.8 Å². The maximum absolute atomic E-state index is 13.9. The van der Waals surface area contributed by atoms with Gasteiger partial charge in [0.05, 0.1) is 12.9 Å². The number of aliphatic hydroxyl groups excluding tert-OH is 1. The van der Waals surface area contributed by atoms with Crippen molar-refractivity contribution in [2.45, 2.75) is 23.3 Å². The molecule has 3 rings (SSSR count). The van der Waals surface area contributed by atoms with E-state index in [0.29, 0.717) is 0 Å². The molecule has 1 saturated heterocycles. The summed E-state index contributed by atoms with van der Waals surface area (Å²) in [4.78, 5) is 55.3. The standard InChI is InChI=1S/C11H16ClFN5O13P3/c12-11(2-13)6(19)4(1-28-33(24,25)31-34(26,27)30-32(21,22)23)29-9(11)18-3-15-5-7(18)16-10(14)17-8(5)20/h3-4,6,9,19H,1-2H2,(H,24,25)(H,26,27)(H2,21,22,23)(H3,14,16,17,20)/t4-,6?,9-,11-/m1/s1. The van der Waals surface area contributed by atoms with E-state index < -0.39 is 65.6 Å². The highest BCUT2D eigenvalue weighted by molar-refractivity contribution is 7.66. The summed E-state index contributed by atoms with van der Waals surface area (Å²) in [6, 6.07) is 0. The van der Waals surface area contributed by atoms with E-state index in [1.165, 1.54) is 0 Å². The average molecular weight is 574 g/mol. The lowest BCUT2D eigenvalue weighted by atomic mass is 10.0. The summed E-state index contributed by atoms with van der Waals surface area (Å²) in [7, 11) is -17.0. The minimum absolute atomic E-state index is 0.203. The predicted octanol–water partition coefficient (Wildman–Crippen LogP) is -0.750. The van der Waals surface area contributed by atoms with Gasteiger partial charge in [-0.2, -0.15) is 13.6 Å². The lowest BCUT2D eigenvalue weighted by molar-refractivity contribution is -0.0438. The number of anilines is 1. The number of imidazole rings is 1. The van der Waals surface area contributed by atoms with E-state index in [1.54, 1.807) is 0 Å². The second kappa shape index (κ2) is 9.29. The molecule has 0 spiro atoms. The number of nitrogens with zero attached hydrogens (tertiary/aromatic N) is 3. The number of nitrogens with two attached hydrogens (primary N) is 1. The molecule has 0 amide bonds. The molecule has 0 bridgehead atoms. The zero-order valence-corrected chi connectivity index (χ0v) is 19.7. The molecule has 18 nitrogen and oxygen atoms in total. The number of hydrogen-bond acceptors (Lipinski definition) is 12. The number of aromatic nitrogens is 4. The Labute approximate surface area is 191 Å². The van der Waals surface area contributed by atoms with Gasteiger partial charge in [-0.05, 0) is 0 Å². The predicted molar refractivity (Wildman–Crippen MR) is 107 cm³/mol. The maximum atomic E-state index is 13.9. The van der Waals surface area contributed by atoms with Crippen LogP contribution in [-0.4, -0.2) is 74.6 Å². The summed E-state index contributed by atoms with van der Waals surface area (Å²) in [6.07, 6.45) is -4.27. The number of nitrogen functional groups attached to an aromatic ring is 1. The van der Waals surface area contributed by atoms with Crippen LogP contribution in [0.1, 0.15) is 6.23 Å². The summed E-state index contributed by atoms with van der Waals surface area (Å²) >= 11 is 6.21. The fourth-order valence-corrected chi connectivity index (χ4v) is 6.29. The van der Waals surface area contributed by atoms with Crippen LogP contribution in [-0.2, 0) is 31.6 Å². The fourth-order valence-electron chi connectivity index (χ4n) is 2.97. The van der Waals surface area contributed by atoms with E-state index >= 15 is 0 Å². The van der Waals surface area contributed by atoms with Crippen LogP contribution < -0.4 is 11.3 Å². The van der Waals surface area contributed by atoms with E-state index in [9.17, 15) is 32.9 Å². The highest BCUT2D eigenvalue weighted by atomic mass is 35.5. The van der Waals surface area contributed by atoms with Gasteiger partial charge in [0.2, 0.25) is 5.95 Å². The van der Waals surface area contributed by atoms with Gasteiger partial charge < -0.3 is 35.2 Å². The molecule has 8 N–H and O–H groups in total. The number of halogens is 2. The number of ether oxygens (including phenoxy) is 1. The lowest BCUT2D eigenvalue weighted by Gasteiger charge is -2.27. The first-order valence-electron chi connectivity index (χ1n) is 8.57. The molecular weight excluding hydrogens is 558 g/mol. The molecule has 1 aliphatic rings. The summed E-state index contributed by atoms with van der Waals surface area (Å²) < 4.78 is 65.8. The minimum atomic E-state index is -5.79. The van der Waals surface area contributed by atoms with Crippen molar-refractivity contribution in [3.63, 3.8) is 0 Å². The molecule has 1 aliphatic heterocycles. The van der Waals surface area contributed by atoms with Crippen LogP contribution in [0.15, 0.2) is 11.1 Å². The number of nitrogens with one attached hydrogen (secondary N) is 1. The topological polar surface area (TPSA) is 279 Å². The van der Waals surface area contributed by atoms with Gasteiger partial charge in [-0.3, -0.25) is 18.9 Å². The van der Waals surface area contributed by atoms with E-state index in [0.717, 1.165) is 10.9 Å². The molecule has 0 aromatic carbocycles. The second-order valence-electron chi connectivity index (χ2n) is 6.69. The van der Waals surface area contributed by atoms with Gasteiger partial charge in [0.15, 0.2) is 17.4 Å². The summed E-state index contributed by atoms with van der Waals surface area (Å²) in [5.74, 6) is -0.331. The highest BCUT2D eigenvalue weighted by Crippen LogP contribution is 2.66. The quantitative estimate of drug-likeness (QED) is 0.143. The Balaban J connectivity index is 1.82. The van der Waals surface area contributed by atoms with Gasteiger partial charge in [-0.25, -0.2) is 23.1 Å². The van der Waals surface area contributed by atoms with Crippen LogP contribution in [0.2, 0.25) is 0 Å². The third-order valence-electron chi connectivity index (χ3n) is 4.28. The van der Waals surface area contributed by atoms with Gasteiger partial charge in [0.25, 0.3) is 5.56 Å². The maximum Gasteiger partial charge on any atom is 0.490 e. The zero-order valence-electron chi connectivity index (χ0n) is 16.2. The molecule has 3 heterocycles. The molecular formula is C11H16ClFN5O13P3. The van der Waals surface area contributed by atoms with Gasteiger partial charge in [-0.1, -0.05) is 0 Å². The smallest absolute Gasteiger partial charge is 0.388 e. The van der Waals surface area contributed by atoms with Crippen LogP contribution in [0, 0.1) is 0 Å². The van der Waals surface area contributed by atoms with Crippen molar-refractivity contribution in [3.8, 4) is 0 Å². The Morgan fingerprint density at radius 2 is 1.91 bits per heavy atom. The van der Waals surface area contributed by atoms with E-state index in [-0.39, 0.29) is 17.1 Å². The van der Waals surface area contributed by atoms with Crippen LogP contribution in [0.25, 0.3) is 11.2 Å². The second-order valence-corrected chi connectivity index (χ2v) is 11.8. The first-order chi connectivity index (χ1) is 15.5. The Morgan fingerprint density at radius 1 is 1.26 bits per heavy atom. The number of aliphatic hydroxyl groups is 1. The number of phosphoric ester groups is 1. The van der Waals surface area contributed by atoms with Crippen molar-refractivity contribution >= 4 is 52.2 Å². The molecule has 34 heavy (non-hydrogen) atoms. The van der Waals surface area contributed by atoms with Crippen molar-refractivity contribution < 1.29 is 60.6 Å². The minimum Gasteiger partial charge on any atom is -0.388 e. The molecule has 2 aromatic heterocycles. The number of phosphoric acid groups is 3. The molecule has 2 aromatic rings. The average Bonchev–Trinajstić information content (AvgIpc) is 3.17. The summed E-state index contributed by atoms with van der Waals surface area (Å²) in [6.45, 7) is -2.55. The molecule has 6 atom stereocenters. The van der Waals surface area contributed by atoms with Crippen molar-refractivity contribution in [3.05, 3.63) is 16.7 Å². The van der Waals surface area contributed by atoms with Crippen LogP contribution in [0.5, 0.6) is 0 Å². The normalized spacial score (nSPS) is 29.2. The van der Waals surface area contributed by atoms with Crippen LogP contribution in [0.4, 0.5) is 10.3 Å². The molecule has 1 fully saturated rings. The van der Waals surface area contributed by atoms with Crippen molar-refractivity contribution in [2.24, 2.45) is 0 Å². The molecule has 23 heteroatoms. The van der Waals surface area contributed by atoms with Crippen molar-refractivity contribution in [1.29, 1.82) is 0 Å². The molecule has 192 valence electrons. The van der Waals surface area contributed by atoms with Gasteiger partial charge >= 0.3 is 23.5 Å². The Morgan fingerprint density at radius 3 is 2.50 bits per heavy atom. The summed E-state index contributed by atoms with van der Waals surface area (Å²) in [5, 5.41) is 10.5. The zero-order chi connectivity index (χ0) is 25.7. The van der Waals surface area contributed by atoms with Gasteiger partial charge in [0.1, 0.15) is 23.8 Å². The molecule has 0 aliphatic carbocycles. The first-order valence-corrected chi connectivity index (χ1v) is 13.5. The third kappa shape index (κ3) is 5.74. The van der Waals surface area contributed by atoms with Crippen LogP contribution >= 0.6 is 35.1 Å². The molecule has 3 unspecified atom stereocenters. The summed E-state index contributed by atoms with van der Waals surface area (Å²) in [5.41, 5.74) is 4.31. The van der Waals surface area contributed by atoms with Gasteiger partial charge in [-0.15, -0.1) is 11.6 Å². The highest BCUT2D eigenvalue weighted by Gasteiger charge is 2.57. The number of aromatic amines is 1. The van der Waals surface area contributed by atoms with Crippen molar-refractivity contribution in [2.75, 3.05) is 19.0 Å². The number of H-pyrrole nitrogens is 1. The van der Waals surface area contributed by atoms with E-state index in [1.807, 2.05) is 0 Å². The number of hydrogen-bond donors (Lipinski definition) is 7. The monoisotopic (exact) mass is 573 g/mol. The van der Waals surface area contributed by atoms with E-state index in [2.05, 4.69) is 28.1 Å². The fraction of sp³-hybridized carbons (Fsp3) is 0.545. The number of fused-ring (bicyclic) bond motifs is 1. The molecule has 0 radical (unpaired) electrons. The molecule has 0 saturated carbocycles. The Hall–Kier alpha value is -1.30. The number of alkyl halides is 2. The largest absolute Gasteiger partial charge is 0.490 e. The Bertz CT molecular complexity index is 1280. The van der Waals surface area contributed by atoms with Crippen LogP contribution in [0.3, 0.4) is 0 Å². The Kier molecular flexibility index (Phi) is 7.46. The van der Waals surface area contributed by atoms with Crippen molar-refractivity contribution in [1.82, 2.24) is 19.5 Å². The third-order valence-corrected chi connectivity index (χ3v) is 8.60. The lowest BCUT2D eigenvalue weighted by Crippen LogP contribution is -2.44. The SMILES string of the molecule is Nc1nc2c(ncn2[C@@H]2O[C@H](COP(=O)(O)OP(=O)(O)OP(=O)(O)O)C(O)[C@]2(Cl)CF)c(=O)[nH]1.